The molecule has 6 heteroatoms. The molecule has 0 aliphatic carbocycles. The summed E-state index contributed by atoms with van der Waals surface area (Å²) in [4.78, 5) is 27.0. The molecule has 1 saturated heterocycles. The Morgan fingerprint density at radius 2 is 1.67 bits per heavy atom. The van der Waals surface area contributed by atoms with Crippen LogP contribution in [-0.4, -0.2) is 58.9 Å². The molecule has 1 aliphatic rings. The summed E-state index contributed by atoms with van der Waals surface area (Å²) in [5, 5.41) is 9.23. The summed E-state index contributed by atoms with van der Waals surface area (Å²) in [6.45, 7) is 3.72. The van der Waals surface area contributed by atoms with E-state index in [2.05, 4.69) is 0 Å². The molecular weight excluding hydrogens is 270 g/mol. The van der Waals surface area contributed by atoms with Gasteiger partial charge in [0.1, 0.15) is 5.75 Å². The third-order valence-electron chi connectivity index (χ3n) is 3.75. The van der Waals surface area contributed by atoms with E-state index < -0.39 is 6.04 Å². The highest BCUT2D eigenvalue weighted by Gasteiger charge is 2.26. The topological polar surface area (TPSA) is 86.9 Å². The minimum atomic E-state index is -0.599. The van der Waals surface area contributed by atoms with Crippen LogP contribution in [0.4, 0.5) is 0 Å². The van der Waals surface area contributed by atoms with E-state index in [0.29, 0.717) is 32.6 Å². The lowest BCUT2D eigenvalue weighted by Crippen LogP contribution is -2.54. The zero-order valence-corrected chi connectivity index (χ0v) is 12.2. The monoisotopic (exact) mass is 291 g/mol. The molecular formula is C15H21N3O3. The molecule has 0 bridgehead atoms. The Labute approximate surface area is 124 Å². The van der Waals surface area contributed by atoms with E-state index in [1.54, 1.807) is 34.1 Å². The van der Waals surface area contributed by atoms with E-state index in [4.69, 9.17) is 5.73 Å². The SMILES string of the molecule is CC(=O)N1CCN(C(=O)[C@H](N)Cc2ccc(O)cc2)CC1. The number of benzene rings is 1. The van der Waals surface area contributed by atoms with Crippen molar-refractivity contribution in [3.8, 4) is 5.75 Å². The molecule has 0 radical (unpaired) electrons. The van der Waals surface area contributed by atoms with Gasteiger partial charge in [-0.25, -0.2) is 0 Å². The number of nitrogens with zero attached hydrogens (tertiary/aromatic N) is 2. The van der Waals surface area contributed by atoms with Gasteiger partial charge in [-0.15, -0.1) is 0 Å². The van der Waals surface area contributed by atoms with Crippen molar-refractivity contribution in [3.63, 3.8) is 0 Å². The molecule has 0 spiro atoms. The maximum Gasteiger partial charge on any atom is 0.239 e. The van der Waals surface area contributed by atoms with Crippen molar-refractivity contribution in [1.82, 2.24) is 9.80 Å². The van der Waals surface area contributed by atoms with E-state index in [1.807, 2.05) is 0 Å². The molecule has 1 aromatic rings. The van der Waals surface area contributed by atoms with Crippen molar-refractivity contribution in [3.05, 3.63) is 29.8 Å². The van der Waals surface area contributed by atoms with Crippen molar-refractivity contribution < 1.29 is 14.7 Å². The number of phenols is 1. The first-order valence-corrected chi connectivity index (χ1v) is 7.05. The number of piperazine rings is 1. The largest absolute Gasteiger partial charge is 0.508 e. The normalized spacial score (nSPS) is 16.7. The van der Waals surface area contributed by atoms with Crippen LogP contribution in [0.2, 0.25) is 0 Å². The second-order valence-electron chi connectivity index (χ2n) is 5.31. The molecule has 114 valence electrons. The first kappa shape index (κ1) is 15.3. The number of amides is 2. The molecule has 6 nitrogen and oxygen atoms in total. The van der Waals surface area contributed by atoms with Crippen LogP contribution in [0.25, 0.3) is 0 Å². The van der Waals surface area contributed by atoms with Crippen LogP contribution >= 0.6 is 0 Å². The number of phenolic OH excluding ortho intramolecular Hbond substituents is 1. The van der Waals surface area contributed by atoms with Crippen LogP contribution < -0.4 is 5.73 Å². The molecule has 0 aromatic heterocycles. The third kappa shape index (κ3) is 3.95. The highest BCUT2D eigenvalue weighted by molar-refractivity contribution is 5.82. The predicted octanol–water partition coefficient (Wildman–Crippen LogP) is -0.0473. The first-order valence-electron chi connectivity index (χ1n) is 7.05. The summed E-state index contributed by atoms with van der Waals surface area (Å²) in [6, 6.07) is 6.08. The molecule has 1 atom stereocenters. The van der Waals surface area contributed by atoms with Crippen LogP contribution in [0.5, 0.6) is 5.75 Å². The van der Waals surface area contributed by atoms with Crippen molar-refractivity contribution in [1.29, 1.82) is 0 Å². The second kappa shape index (κ2) is 6.58. The van der Waals surface area contributed by atoms with Crippen LogP contribution in [0.15, 0.2) is 24.3 Å². The number of hydrogen-bond acceptors (Lipinski definition) is 4. The van der Waals surface area contributed by atoms with Crippen LogP contribution in [-0.2, 0) is 16.0 Å². The lowest BCUT2D eigenvalue weighted by atomic mass is 10.0. The van der Waals surface area contributed by atoms with E-state index in [-0.39, 0.29) is 17.6 Å². The lowest BCUT2D eigenvalue weighted by molar-refractivity contribution is -0.139. The summed E-state index contributed by atoms with van der Waals surface area (Å²) in [5.74, 6) is 0.140. The number of rotatable bonds is 3. The average molecular weight is 291 g/mol. The first-order chi connectivity index (χ1) is 9.97. The molecule has 2 amide bonds. The van der Waals surface area contributed by atoms with E-state index in [0.717, 1.165) is 5.56 Å². The number of aromatic hydroxyl groups is 1. The highest BCUT2D eigenvalue weighted by Crippen LogP contribution is 2.12. The van der Waals surface area contributed by atoms with Gasteiger partial charge in [-0.1, -0.05) is 12.1 Å². The fraction of sp³-hybridized carbons (Fsp3) is 0.467. The van der Waals surface area contributed by atoms with Gasteiger partial charge in [-0.2, -0.15) is 0 Å². The Kier molecular flexibility index (Phi) is 4.80. The summed E-state index contributed by atoms with van der Waals surface area (Å²) >= 11 is 0. The highest BCUT2D eigenvalue weighted by atomic mass is 16.3. The van der Waals surface area contributed by atoms with Crippen LogP contribution in [0, 0.1) is 0 Å². The number of carbonyl (C=O) groups is 2. The Morgan fingerprint density at radius 3 is 2.19 bits per heavy atom. The Hall–Kier alpha value is -2.08. The molecule has 0 saturated carbocycles. The van der Waals surface area contributed by atoms with Crippen molar-refractivity contribution in [2.75, 3.05) is 26.2 Å². The van der Waals surface area contributed by atoms with Gasteiger partial charge in [-0.05, 0) is 24.1 Å². The van der Waals surface area contributed by atoms with E-state index >= 15 is 0 Å². The van der Waals surface area contributed by atoms with Crippen LogP contribution in [0.1, 0.15) is 12.5 Å². The standard InChI is InChI=1S/C15H21N3O3/c1-11(19)17-6-8-18(9-7-17)15(21)14(16)10-12-2-4-13(20)5-3-12/h2-5,14,20H,6-10,16H2,1H3/t14-/m1/s1. The number of nitrogens with two attached hydrogens (primary N) is 1. The molecule has 2 rings (SSSR count). The molecule has 3 N–H and O–H groups in total. The van der Waals surface area contributed by atoms with Gasteiger partial charge in [0.25, 0.3) is 0 Å². The number of carbonyl (C=O) groups excluding carboxylic acids is 2. The zero-order valence-electron chi connectivity index (χ0n) is 12.2. The Bertz CT molecular complexity index is 507. The van der Waals surface area contributed by atoms with Gasteiger partial charge in [-0.3, -0.25) is 9.59 Å². The molecule has 1 aliphatic heterocycles. The van der Waals surface area contributed by atoms with Gasteiger partial charge in [0.2, 0.25) is 11.8 Å². The second-order valence-corrected chi connectivity index (χ2v) is 5.31. The Morgan fingerprint density at radius 1 is 1.14 bits per heavy atom. The van der Waals surface area contributed by atoms with Gasteiger partial charge in [0.15, 0.2) is 0 Å². The molecule has 1 aromatic carbocycles. The van der Waals surface area contributed by atoms with Gasteiger partial charge in [0.05, 0.1) is 6.04 Å². The smallest absolute Gasteiger partial charge is 0.239 e. The van der Waals surface area contributed by atoms with Gasteiger partial charge < -0.3 is 20.6 Å². The van der Waals surface area contributed by atoms with Crippen molar-refractivity contribution >= 4 is 11.8 Å². The molecule has 1 fully saturated rings. The maximum atomic E-state index is 12.3. The fourth-order valence-corrected chi connectivity index (χ4v) is 2.45. The van der Waals surface area contributed by atoms with Crippen LogP contribution in [0.3, 0.4) is 0 Å². The summed E-state index contributed by atoms with van der Waals surface area (Å²) < 4.78 is 0. The van der Waals surface area contributed by atoms with Gasteiger partial charge in [0, 0.05) is 33.1 Å². The zero-order chi connectivity index (χ0) is 15.4. The minimum absolute atomic E-state index is 0.0375. The number of hydrogen-bond donors (Lipinski definition) is 2. The lowest BCUT2D eigenvalue weighted by Gasteiger charge is -2.35. The summed E-state index contributed by atoms with van der Waals surface area (Å²) in [6.07, 6.45) is 0.437. The molecule has 0 unspecified atom stereocenters. The fourth-order valence-electron chi connectivity index (χ4n) is 2.45. The predicted molar refractivity (Wildman–Crippen MR) is 78.6 cm³/mol. The Balaban J connectivity index is 1.88. The van der Waals surface area contributed by atoms with Crippen molar-refractivity contribution in [2.24, 2.45) is 5.73 Å². The average Bonchev–Trinajstić information content (AvgIpc) is 2.49. The minimum Gasteiger partial charge on any atom is -0.508 e. The molecule has 1 heterocycles. The quantitative estimate of drug-likeness (QED) is 0.817. The summed E-state index contributed by atoms with van der Waals surface area (Å²) in [7, 11) is 0. The van der Waals surface area contributed by atoms with Gasteiger partial charge >= 0.3 is 0 Å². The third-order valence-corrected chi connectivity index (χ3v) is 3.75. The molecule has 21 heavy (non-hydrogen) atoms. The van der Waals surface area contributed by atoms with Crippen molar-refractivity contribution in [2.45, 2.75) is 19.4 Å². The summed E-state index contributed by atoms with van der Waals surface area (Å²) in [5.41, 5.74) is 6.89. The maximum absolute atomic E-state index is 12.3. The van der Waals surface area contributed by atoms with E-state index in [1.165, 1.54) is 6.92 Å². The van der Waals surface area contributed by atoms with E-state index in [9.17, 15) is 14.7 Å².